The van der Waals surface area contributed by atoms with Crippen LogP contribution in [0.2, 0.25) is 0 Å². The number of amides is 2. The van der Waals surface area contributed by atoms with Gasteiger partial charge in [-0.2, -0.15) is 0 Å². The maximum absolute atomic E-state index is 13.0. The molecule has 2 amide bonds. The van der Waals surface area contributed by atoms with Gasteiger partial charge in [0.25, 0.3) is 5.91 Å². The Hall–Kier alpha value is -2.44. The highest BCUT2D eigenvalue weighted by Gasteiger charge is 2.32. The summed E-state index contributed by atoms with van der Waals surface area (Å²) in [5.74, 6) is 0.0848. The summed E-state index contributed by atoms with van der Waals surface area (Å²) in [6.07, 6.45) is 2.00. The molecule has 1 aliphatic heterocycles. The number of rotatable bonds is 6. The number of fused-ring (bicyclic) bond motifs is 1. The second kappa shape index (κ2) is 8.71. The van der Waals surface area contributed by atoms with Crippen molar-refractivity contribution in [1.29, 1.82) is 0 Å². The first-order chi connectivity index (χ1) is 13.7. The molecule has 0 saturated heterocycles. The van der Waals surface area contributed by atoms with E-state index >= 15 is 0 Å². The van der Waals surface area contributed by atoms with Gasteiger partial charge in [0.2, 0.25) is 5.91 Å². The third-order valence-corrected chi connectivity index (χ3v) is 6.86. The molecule has 1 atom stereocenters. The van der Waals surface area contributed by atoms with Gasteiger partial charge in [-0.1, -0.05) is 36.4 Å². The maximum Gasteiger partial charge on any atom is 0.261 e. The van der Waals surface area contributed by atoms with Crippen LogP contribution in [-0.2, 0) is 11.2 Å². The van der Waals surface area contributed by atoms with E-state index in [9.17, 15) is 9.59 Å². The van der Waals surface area contributed by atoms with Crippen LogP contribution in [0.25, 0.3) is 0 Å². The van der Waals surface area contributed by atoms with Gasteiger partial charge in [0.05, 0.1) is 10.9 Å². The van der Waals surface area contributed by atoms with Crippen molar-refractivity contribution >= 4 is 34.5 Å². The minimum absolute atomic E-state index is 0.00981. The molecule has 144 valence electrons. The Morgan fingerprint density at radius 2 is 1.89 bits per heavy atom. The van der Waals surface area contributed by atoms with E-state index in [4.69, 9.17) is 0 Å². The number of carbonyl (C=O) groups excluding carboxylic acids is 2. The zero-order valence-corrected chi connectivity index (χ0v) is 17.1. The Morgan fingerprint density at radius 3 is 2.68 bits per heavy atom. The Morgan fingerprint density at radius 1 is 1.04 bits per heavy atom. The van der Waals surface area contributed by atoms with Crippen LogP contribution in [0.4, 0.5) is 0 Å². The van der Waals surface area contributed by atoms with Crippen LogP contribution in [0, 0.1) is 0 Å². The maximum atomic E-state index is 13.0. The average Bonchev–Trinajstić information content (AvgIpc) is 3.42. The van der Waals surface area contributed by atoms with Gasteiger partial charge in [0.15, 0.2) is 0 Å². The summed E-state index contributed by atoms with van der Waals surface area (Å²) in [7, 11) is 0. The van der Waals surface area contributed by atoms with Crippen molar-refractivity contribution in [1.82, 2.24) is 10.2 Å². The summed E-state index contributed by atoms with van der Waals surface area (Å²) in [5, 5.41) is 6.91. The molecular weight excluding hydrogens is 388 g/mol. The van der Waals surface area contributed by atoms with E-state index in [2.05, 4.69) is 28.9 Å². The van der Waals surface area contributed by atoms with Gasteiger partial charge in [0, 0.05) is 24.4 Å². The predicted octanol–water partition coefficient (Wildman–Crippen LogP) is 4.49. The monoisotopic (exact) mass is 410 g/mol. The Balaban J connectivity index is 1.39. The van der Waals surface area contributed by atoms with Gasteiger partial charge in [0.1, 0.15) is 0 Å². The molecule has 0 saturated carbocycles. The summed E-state index contributed by atoms with van der Waals surface area (Å²) in [5.41, 5.74) is 2.41. The lowest BCUT2D eigenvalue weighted by atomic mass is 9.93. The summed E-state index contributed by atoms with van der Waals surface area (Å²) < 4.78 is 0. The largest absolute Gasteiger partial charge is 0.351 e. The van der Waals surface area contributed by atoms with Crippen molar-refractivity contribution in [3.8, 4) is 0 Å². The first-order valence-electron chi connectivity index (χ1n) is 9.46. The zero-order chi connectivity index (χ0) is 19.3. The topological polar surface area (TPSA) is 49.4 Å². The first kappa shape index (κ1) is 18.9. The normalized spacial score (nSPS) is 15.9. The fraction of sp³-hybridized carbons (Fsp3) is 0.273. The number of carbonyl (C=O) groups is 2. The Kier molecular flexibility index (Phi) is 5.88. The van der Waals surface area contributed by atoms with Gasteiger partial charge in [-0.15, -0.1) is 22.7 Å². The van der Waals surface area contributed by atoms with E-state index in [0.29, 0.717) is 24.3 Å². The first-order valence-corrected chi connectivity index (χ1v) is 11.2. The fourth-order valence-electron chi connectivity index (χ4n) is 3.66. The molecule has 4 rings (SSSR count). The molecular formula is C22H22N2O2S2. The molecule has 3 heterocycles. The van der Waals surface area contributed by atoms with Crippen molar-refractivity contribution in [2.24, 2.45) is 0 Å². The molecule has 2 aromatic heterocycles. The van der Waals surface area contributed by atoms with Crippen molar-refractivity contribution in [2.45, 2.75) is 25.3 Å². The van der Waals surface area contributed by atoms with E-state index < -0.39 is 0 Å². The van der Waals surface area contributed by atoms with E-state index in [1.54, 1.807) is 11.3 Å². The Bertz CT molecular complexity index is 935. The van der Waals surface area contributed by atoms with Gasteiger partial charge in [-0.25, -0.2) is 0 Å². The summed E-state index contributed by atoms with van der Waals surface area (Å²) in [6, 6.07) is 16.1. The van der Waals surface area contributed by atoms with E-state index in [-0.39, 0.29) is 17.9 Å². The lowest BCUT2D eigenvalue weighted by Gasteiger charge is -2.36. The highest BCUT2D eigenvalue weighted by molar-refractivity contribution is 7.12. The third kappa shape index (κ3) is 4.03. The molecule has 1 N–H and O–H groups in total. The number of thiophene rings is 2. The molecule has 3 aromatic rings. The molecule has 28 heavy (non-hydrogen) atoms. The second-order valence-electron chi connectivity index (χ2n) is 6.79. The van der Waals surface area contributed by atoms with Gasteiger partial charge >= 0.3 is 0 Å². The van der Waals surface area contributed by atoms with Gasteiger partial charge in [-0.05, 0) is 46.9 Å². The highest BCUT2D eigenvalue weighted by atomic mass is 32.1. The number of nitrogens with zero attached hydrogens (tertiary/aromatic N) is 1. The standard InChI is InChI=1S/C22H22N2O2S2/c25-20(9-4-12-23-22(26)19-8-5-14-27-19)24-13-10-18-17(11-15-28-18)21(24)16-6-2-1-3-7-16/h1-3,5-8,11,14-15,21H,4,9-10,12-13H2,(H,23,26)/t21-/m1/s1. The molecule has 4 nitrogen and oxygen atoms in total. The Labute approximate surface area is 172 Å². The van der Waals surface area contributed by atoms with Crippen molar-refractivity contribution < 1.29 is 9.59 Å². The molecule has 0 aliphatic carbocycles. The molecule has 1 aliphatic rings. The van der Waals surface area contributed by atoms with Gasteiger partial charge in [-0.3, -0.25) is 9.59 Å². The van der Waals surface area contributed by atoms with E-state index in [1.165, 1.54) is 21.8 Å². The minimum atomic E-state index is -0.0644. The molecule has 6 heteroatoms. The second-order valence-corrected chi connectivity index (χ2v) is 8.73. The number of hydrogen-bond acceptors (Lipinski definition) is 4. The van der Waals surface area contributed by atoms with Crippen LogP contribution >= 0.6 is 22.7 Å². The van der Waals surface area contributed by atoms with Crippen molar-refractivity contribution in [3.63, 3.8) is 0 Å². The average molecular weight is 411 g/mol. The molecule has 0 unspecified atom stereocenters. The molecule has 1 aromatic carbocycles. The summed E-state index contributed by atoms with van der Waals surface area (Å²) >= 11 is 3.20. The van der Waals surface area contributed by atoms with E-state index in [0.717, 1.165) is 18.5 Å². The molecule has 0 bridgehead atoms. The number of nitrogens with one attached hydrogen (secondary N) is 1. The lowest BCUT2D eigenvalue weighted by Crippen LogP contribution is -2.40. The van der Waals surface area contributed by atoms with Crippen molar-refractivity contribution in [2.75, 3.05) is 13.1 Å². The third-order valence-electron chi connectivity index (χ3n) is 5.00. The van der Waals surface area contributed by atoms with Crippen LogP contribution in [0.1, 0.15) is 44.6 Å². The molecule has 0 radical (unpaired) electrons. The van der Waals surface area contributed by atoms with Crippen LogP contribution in [0.3, 0.4) is 0 Å². The van der Waals surface area contributed by atoms with Crippen LogP contribution in [-0.4, -0.2) is 29.8 Å². The van der Waals surface area contributed by atoms with E-state index in [1.807, 2.05) is 40.6 Å². The summed E-state index contributed by atoms with van der Waals surface area (Å²) in [4.78, 5) is 29.1. The number of hydrogen-bond donors (Lipinski definition) is 1. The van der Waals surface area contributed by atoms with Crippen LogP contribution in [0.5, 0.6) is 0 Å². The van der Waals surface area contributed by atoms with Crippen LogP contribution in [0.15, 0.2) is 59.3 Å². The van der Waals surface area contributed by atoms with Crippen molar-refractivity contribution in [3.05, 3.63) is 80.2 Å². The molecule has 0 fully saturated rings. The predicted molar refractivity (Wildman–Crippen MR) is 114 cm³/mol. The lowest BCUT2D eigenvalue weighted by molar-refractivity contribution is -0.133. The fourth-order valence-corrected chi connectivity index (χ4v) is 5.20. The number of benzene rings is 1. The zero-order valence-electron chi connectivity index (χ0n) is 15.5. The SMILES string of the molecule is O=C(NCCCC(=O)N1CCc2sccc2[C@H]1c1ccccc1)c1cccs1. The smallest absolute Gasteiger partial charge is 0.261 e. The highest BCUT2D eigenvalue weighted by Crippen LogP contribution is 2.38. The van der Waals surface area contributed by atoms with Crippen LogP contribution < -0.4 is 5.32 Å². The molecule has 0 spiro atoms. The minimum Gasteiger partial charge on any atom is -0.351 e. The summed E-state index contributed by atoms with van der Waals surface area (Å²) in [6.45, 7) is 1.25. The quantitative estimate of drug-likeness (QED) is 0.609. The van der Waals surface area contributed by atoms with Gasteiger partial charge < -0.3 is 10.2 Å².